The minimum absolute atomic E-state index is 0.0220. The van der Waals surface area contributed by atoms with Crippen LogP contribution in [0.25, 0.3) is 16.5 Å². The summed E-state index contributed by atoms with van der Waals surface area (Å²) in [6.45, 7) is 7.71. The first kappa shape index (κ1) is 27.0. The molecule has 1 unspecified atom stereocenters. The highest BCUT2D eigenvalue weighted by Crippen LogP contribution is 2.40. The lowest BCUT2D eigenvalue weighted by molar-refractivity contribution is -0.130. The Balaban J connectivity index is 1.61. The quantitative estimate of drug-likeness (QED) is 0.283. The summed E-state index contributed by atoms with van der Waals surface area (Å²) in [4.78, 5) is 25.4. The van der Waals surface area contributed by atoms with Crippen LogP contribution in [-0.2, 0) is 26.7 Å². The van der Waals surface area contributed by atoms with Gasteiger partial charge in [0.05, 0.1) is 11.5 Å². The van der Waals surface area contributed by atoms with E-state index in [1.54, 1.807) is 66.3 Å². The van der Waals surface area contributed by atoms with E-state index in [1.807, 2.05) is 26.0 Å². The first-order valence-corrected chi connectivity index (χ1v) is 14.0. The number of sulfonamides is 1. The number of aromatic nitrogens is 1. The van der Waals surface area contributed by atoms with Crippen LogP contribution in [-0.4, -0.2) is 36.0 Å². The number of aliphatic carboxylic acids is 1. The van der Waals surface area contributed by atoms with Crippen molar-refractivity contribution < 1.29 is 32.6 Å². The predicted octanol–water partition coefficient (Wildman–Crippen LogP) is 5.23. The van der Waals surface area contributed by atoms with E-state index in [4.69, 9.17) is 9.47 Å². The van der Waals surface area contributed by atoms with E-state index in [9.17, 15) is 23.1 Å². The summed E-state index contributed by atoms with van der Waals surface area (Å²) in [5, 5.41) is 8.92. The lowest BCUT2D eigenvalue weighted by Crippen LogP contribution is -2.29. The molecule has 5 rings (SSSR count). The van der Waals surface area contributed by atoms with Crippen molar-refractivity contribution in [2.45, 2.75) is 25.7 Å². The van der Waals surface area contributed by atoms with E-state index >= 15 is 0 Å². The molecule has 1 aliphatic rings. The third kappa shape index (κ3) is 4.93. The number of carboxylic acids is 1. The number of rotatable bonds is 8. The minimum Gasteiger partial charge on any atom is -0.478 e. The SMILES string of the molecule is C=C(C(=O)O)c1ccc2c(C(C(=O)S(=O)(=O)Nc3ccc(C(C)C)cc3)c3ccc4c(c3)OCO4)cn(C)c2c1. The molecule has 9 nitrogen and oxygen atoms in total. The highest BCUT2D eigenvalue weighted by molar-refractivity contribution is 8.07. The molecule has 0 spiro atoms. The Morgan fingerprint density at radius 2 is 1.65 bits per heavy atom. The molecule has 1 aromatic heterocycles. The van der Waals surface area contributed by atoms with Crippen LogP contribution in [0, 0.1) is 0 Å². The number of carbonyl (C=O) groups excluding carboxylic acids is 1. The third-order valence-electron chi connectivity index (χ3n) is 7.00. The Morgan fingerprint density at radius 1 is 0.975 bits per heavy atom. The van der Waals surface area contributed by atoms with Crippen molar-refractivity contribution in [2.75, 3.05) is 11.5 Å². The zero-order chi connectivity index (χ0) is 28.8. The van der Waals surface area contributed by atoms with E-state index in [0.29, 0.717) is 39.1 Å². The summed E-state index contributed by atoms with van der Waals surface area (Å²) < 4.78 is 42.1. The first-order chi connectivity index (χ1) is 19.0. The maximum absolute atomic E-state index is 13.9. The summed E-state index contributed by atoms with van der Waals surface area (Å²) >= 11 is 0. The van der Waals surface area contributed by atoms with Gasteiger partial charge in [-0.2, -0.15) is 8.42 Å². The van der Waals surface area contributed by atoms with Gasteiger partial charge in [-0.1, -0.05) is 50.8 Å². The van der Waals surface area contributed by atoms with Crippen LogP contribution in [0.15, 0.2) is 73.4 Å². The van der Waals surface area contributed by atoms with Gasteiger partial charge in [0.2, 0.25) is 6.79 Å². The number of ether oxygens (including phenoxy) is 2. The van der Waals surface area contributed by atoms with Crippen molar-refractivity contribution >= 4 is 43.3 Å². The van der Waals surface area contributed by atoms with Crippen molar-refractivity contribution in [1.29, 1.82) is 0 Å². The van der Waals surface area contributed by atoms with Gasteiger partial charge in [0.15, 0.2) is 11.5 Å². The van der Waals surface area contributed by atoms with Crippen molar-refractivity contribution in [3.63, 3.8) is 0 Å². The van der Waals surface area contributed by atoms with E-state index < -0.39 is 27.0 Å². The predicted molar refractivity (Wildman–Crippen MR) is 152 cm³/mol. The number of aryl methyl sites for hydroxylation is 1. The Kier molecular flexibility index (Phi) is 6.89. The number of hydrogen-bond donors (Lipinski definition) is 2. The fourth-order valence-corrected chi connectivity index (χ4v) is 5.91. The van der Waals surface area contributed by atoms with Crippen LogP contribution < -0.4 is 14.2 Å². The topological polar surface area (TPSA) is 124 Å². The highest BCUT2D eigenvalue weighted by Gasteiger charge is 2.36. The maximum Gasteiger partial charge on any atom is 0.335 e. The molecular weight excluding hydrogens is 532 g/mol. The molecule has 0 radical (unpaired) electrons. The maximum atomic E-state index is 13.9. The van der Waals surface area contributed by atoms with E-state index in [0.717, 1.165) is 5.56 Å². The Labute approximate surface area is 231 Å². The number of carbonyl (C=O) groups is 2. The van der Waals surface area contributed by atoms with Gasteiger partial charge in [0.1, 0.15) is 0 Å². The Hall–Kier alpha value is -4.57. The standard InChI is InChI=1S/C30H28N2O7S/c1-17(2)19-5-9-22(10-6-19)31-40(36,37)30(35)28(21-8-12-26-27(14-21)39-16-38-26)24-15-32(4)25-13-20(7-11-23(24)25)18(3)29(33)34/h5-15,17,28,31H,3,16H2,1-2,4H3,(H,33,34). The molecule has 0 saturated carbocycles. The largest absolute Gasteiger partial charge is 0.478 e. The summed E-state index contributed by atoms with van der Waals surface area (Å²) in [6.07, 6.45) is 1.68. The number of nitrogens with one attached hydrogen (secondary N) is 1. The van der Waals surface area contributed by atoms with Gasteiger partial charge in [0, 0.05) is 29.8 Å². The molecule has 1 aliphatic heterocycles. The van der Waals surface area contributed by atoms with Crippen LogP contribution in [0.4, 0.5) is 5.69 Å². The zero-order valence-corrected chi connectivity index (χ0v) is 23.0. The van der Waals surface area contributed by atoms with Crippen molar-refractivity contribution in [2.24, 2.45) is 7.05 Å². The molecule has 4 aromatic rings. The van der Waals surface area contributed by atoms with Crippen LogP contribution in [0.2, 0.25) is 0 Å². The highest BCUT2D eigenvalue weighted by atomic mass is 32.2. The van der Waals surface area contributed by atoms with Gasteiger partial charge in [-0.15, -0.1) is 0 Å². The number of anilines is 1. The smallest absolute Gasteiger partial charge is 0.335 e. The lowest BCUT2D eigenvalue weighted by Gasteiger charge is -2.18. The van der Waals surface area contributed by atoms with Gasteiger partial charge in [-0.05, 0) is 58.5 Å². The Bertz CT molecular complexity index is 1770. The van der Waals surface area contributed by atoms with Crippen molar-refractivity contribution in [3.8, 4) is 11.5 Å². The number of carboxylic acid groups (broad SMARTS) is 1. The number of benzene rings is 3. The molecule has 0 saturated heterocycles. The van der Waals surface area contributed by atoms with Crippen LogP contribution in [0.3, 0.4) is 0 Å². The van der Waals surface area contributed by atoms with Crippen molar-refractivity contribution in [1.82, 2.24) is 4.57 Å². The van der Waals surface area contributed by atoms with E-state index in [-0.39, 0.29) is 24.0 Å². The fourth-order valence-electron chi connectivity index (χ4n) is 4.79. The second-order valence-corrected chi connectivity index (χ2v) is 11.6. The molecule has 0 bridgehead atoms. The van der Waals surface area contributed by atoms with E-state index in [2.05, 4.69) is 11.3 Å². The number of hydrogen-bond acceptors (Lipinski definition) is 6. The third-order valence-corrected chi connectivity index (χ3v) is 8.27. The molecule has 206 valence electrons. The molecule has 0 aliphatic carbocycles. The average molecular weight is 561 g/mol. The van der Waals surface area contributed by atoms with Crippen LogP contribution in [0.1, 0.15) is 47.9 Å². The summed E-state index contributed by atoms with van der Waals surface area (Å²) in [6, 6.07) is 16.7. The normalized spacial score (nSPS) is 13.4. The molecule has 1 atom stereocenters. The van der Waals surface area contributed by atoms with Gasteiger partial charge in [0.25, 0.3) is 15.1 Å². The van der Waals surface area contributed by atoms with E-state index in [1.165, 1.54) is 0 Å². The summed E-state index contributed by atoms with van der Waals surface area (Å²) in [7, 11) is -2.77. The Morgan fingerprint density at radius 3 is 2.33 bits per heavy atom. The van der Waals surface area contributed by atoms with Crippen molar-refractivity contribution in [3.05, 3.63) is 95.7 Å². The molecule has 3 aromatic carbocycles. The first-order valence-electron chi connectivity index (χ1n) is 12.5. The molecular formula is C30H28N2O7S. The molecule has 0 fully saturated rings. The number of nitrogens with zero attached hydrogens (tertiary/aromatic N) is 1. The molecule has 40 heavy (non-hydrogen) atoms. The average Bonchev–Trinajstić information content (AvgIpc) is 3.52. The van der Waals surface area contributed by atoms with Gasteiger partial charge in [-0.25, -0.2) is 4.79 Å². The lowest BCUT2D eigenvalue weighted by atomic mass is 9.91. The van der Waals surface area contributed by atoms with Gasteiger partial charge in [-0.3, -0.25) is 9.52 Å². The second kappa shape index (κ2) is 10.2. The van der Waals surface area contributed by atoms with Gasteiger partial charge >= 0.3 is 5.97 Å². The molecule has 0 amide bonds. The van der Waals surface area contributed by atoms with Gasteiger partial charge < -0.3 is 19.1 Å². The number of fused-ring (bicyclic) bond motifs is 2. The zero-order valence-electron chi connectivity index (χ0n) is 22.2. The summed E-state index contributed by atoms with van der Waals surface area (Å²) in [5.41, 5.74) is 3.09. The molecule has 10 heteroatoms. The molecule has 2 N–H and O–H groups in total. The molecule has 2 heterocycles. The fraction of sp³-hybridized carbons (Fsp3) is 0.200. The van der Waals surface area contributed by atoms with Crippen LogP contribution >= 0.6 is 0 Å². The summed E-state index contributed by atoms with van der Waals surface area (Å²) in [5.74, 6) is -1.21. The minimum atomic E-state index is -4.51. The monoisotopic (exact) mass is 560 g/mol. The van der Waals surface area contributed by atoms with Crippen LogP contribution in [0.5, 0.6) is 11.5 Å². The second-order valence-electron chi connectivity index (χ2n) is 9.96.